The van der Waals surface area contributed by atoms with Gasteiger partial charge in [0.2, 0.25) is 10.0 Å². The van der Waals surface area contributed by atoms with Gasteiger partial charge in [-0.05, 0) is 25.8 Å². The number of hydrogen-bond donors (Lipinski definition) is 2. The summed E-state index contributed by atoms with van der Waals surface area (Å²) in [5.41, 5.74) is 0.592. The van der Waals surface area contributed by atoms with Gasteiger partial charge in [0.15, 0.2) is 0 Å². The van der Waals surface area contributed by atoms with Gasteiger partial charge in [0, 0.05) is 37.5 Å². The molecule has 1 aliphatic heterocycles. The van der Waals surface area contributed by atoms with E-state index in [9.17, 15) is 8.42 Å². The number of aromatic nitrogens is 1. The number of nitrogens with zero attached hydrogens (tertiary/aromatic N) is 1. The van der Waals surface area contributed by atoms with E-state index in [4.69, 9.17) is 4.74 Å². The summed E-state index contributed by atoms with van der Waals surface area (Å²) in [4.78, 5) is 4.14. The molecule has 6 nitrogen and oxygen atoms in total. The molecule has 0 radical (unpaired) electrons. The van der Waals surface area contributed by atoms with Gasteiger partial charge >= 0.3 is 0 Å². The maximum absolute atomic E-state index is 12.6. The molecule has 2 unspecified atom stereocenters. The molecular weight excluding hydrogens is 290 g/mol. The Balaban J connectivity index is 2.14. The summed E-state index contributed by atoms with van der Waals surface area (Å²) in [5, 5.41) is 3.13. The third-order valence-corrected chi connectivity index (χ3v) is 5.24. The van der Waals surface area contributed by atoms with Crippen molar-refractivity contribution >= 4 is 15.7 Å². The van der Waals surface area contributed by atoms with Gasteiger partial charge < -0.3 is 10.1 Å². The van der Waals surface area contributed by atoms with Crippen LogP contribution in [0.3, 0.4) is 0 Å². The predicted molar refractivity (Wildman–Crippen MR) is 81.7 cm³/mol. The van der Waals surface area contributed by atoms with Crippen LogP contribution in [0.2, 0.25) is 0 Å². The molecule has 0 saturated carbocycles. The Hall–Kier alpha value is -1.18. The molecular formula is C14H23N3O3S. The number of anilines is 1. The van der Waals surface area contributed by atoms with E-state index < -0.39 is 10.0 Å². The molecule has 2 atom stereocenters. The van der Waals surface area contributed by atoms with Crippen molar-refractivity contribution in [2.45, 2.75) is 37.6 Å². The van der Waals surface area contributed by atoms with Crippen molar-refractivity contribution in [3.05, 3.63) is 18.5 Å². The van der Waals surface area contributed by atoms with Gasteiger partial charge in [0.1, 0.15) is 4.90 Å². The molecule has 0 spiro atoms. The average molecular weight is 313 g/mol. The summed E-state index contributed by atoms with van der Waals surface area (Å²) < 4.78 is 33.2. The van der Waals surface area contributed by atoms with E-state index in [1.54, 1.807) is 12.3 Å². The average Bonchev–Trinajstić information content (AvgIpc) is 2.99. The first-order valence-electron chi connectivity index (χ1n) is 7.32. The number of hydrogen-bond acceptors (Lipinski definition) is 5. The van der Waals surface area contributed by atoms with Crippen LogP contribution in [0.25, 0.3) is 0 Å². The maximum atomic E-state index is 12.6. The van der Waals surface area contributed by atoms with Crippen molar-refractivity contribution in [2.75, 3.05) is 25.1 Å². The highest BCUT2D eigenvalue weighted by Crippen LogP contribution is 2.22. The molecule has 118 valence electrons. The Morgan fingerprint density at radius 1 is 1.52 bits per heavy atom. The molecule has 21 heavy (non-hydrogen) atoms. The minimum atomic E-state index is -3.59. The Morgan fingerprint density at radius 3 is 3.00 bits per heavy atom. The summed E-state index contributed by atoms with van der Waals surface area (Å²) in [5.74, 6) is 0.225. The Bertz CT molecular complexity index is 556. The van der Waals surface area contributed by atoms with Crippen molar-refractivity contribution in [2.24, 2.45) is 5.92 Å². The second-order valence-electron chi connectivity index (χ2n) is 5.33. The van der Waals surface area contributed by atoms with Crippen LogP contribution in [-0.2, 0) is 14.8 Å². The van der Waals surface area contributed by atoms with Crippen LogP contribution in [0.15, 0.2) is 23.4 Å². The van der Waals surface area contributed by atoms with Crippen LogP contribution in [-0.4, -0.2) is 39.2 Å². The van der Waals surface area contributed by atoms with Crippen LogP contribution in [0.4, 0.5) is 5.69 Å². The molecule has 7 heteroatoms. The molecule has 1 aromatic heterocycles. The minimum absolute atomic E-state index is 0.156. The predicted octanol–water partition coefficient (Wildman–Crippen LogP) is 1.61. The molecule has 2 rings (SSSR count). The molecule has 0 amide bonds. The number of rotatable bonds is 7. The van der Waals surface area contributed by atoms with E-state index >= 15 is 0 Å². The smallest absolute Gasteiger partial charge is 0.244 e. The molecule has 0 aromatic carbocycles. The van der Waals surface area contributed by atoms with E-state index in [1.165, 1.54) is 6.20 Å². The SMILES string of the molecule is CCCNc1ccncc1S(=O)(=O)NC(C)C1CCOC1. The Morgan fingerprint density at radius 2 is 2.33 bits per heavy atom. The first kappa shape index (κ1) is 16.2. The van der Waals surface area contributed by atoms with Crippen LogP contribution < -0.4 is 10.0 Å². The summed E-state index contributed by atoms with van der Waals surface area (Å²) in [6, 6.07) is 1.53. The standard InChI is InChI=1S/C14H23N3O3S/c1-3-6-16-13-4-7-15-9-14(13)21(18,19)17-11(2)12-5-8-20-10-12/h4,7,9,11-12,17H,3,5-6,8,10H2,1-2H3,(H,15,16). The zero-order valence-corrected chi connectivity index (χ0v) is 13.3. The molecule has 0 bridgehead atoms. The lowest BCUT2D eigenvalue weighted by molar-refractivity contribution is 0.180. The van der Waals surface area contributed by atoms with E-state index in [0.717, 1.165) is 19.4 Å². The largest absolute Gasteiger partial charge is 0.384 e. The van der Waals surface area contributed by atoms with Crippen molar-refractivity contribution in [1.82, 2.24) is 9.71 Å². The monoisotopic (exact) mass is 313 g/mol. The van der Waals surface area contributed by atoms with Crippen molar-refractivity contribution in [3.63, 3.8) is 0 Å². The molecule has 2 N–H and O–H groups in total. The molecule has 1 fully saturated rings. The lowest BCUT2D eigenvalue weighted by atomic mass is 10.0. The van der Waals surface area contributed by atoms with Crippen LogP contribution >= 0.6 is 0 Å². The maximum Gasteiger partial charge on any atom is 0.244 e. The third kappa shape index (κ3) is 4.15. The highest BCUT2D eigenvalue weighted by molar-refractivity contribution is 7.89. The number of nitrogens with one attached hydrogen (secondary N) is 2. The summed E-state index contributed by atoms with van der Waals surface area (Å²) >= 11 is 0. The number of pyridine rings is 1. The zero-order valence-electron chi connectivity index (χ0n) is 12.5. The second kappa shape index (κ2) is 7.20. The highest BCUT2D eigenvalue weighted by atomic mass is 32.2. The first-order chi connectivity index (χ1) is 10.0. The van der Waals surface area contributed by atoms with Gasteiger partial charge in [0.05, 0.1) is 12.3 Å². The topological polar surface area (TPSA) is 80.3 Å². The molecule has 1 aliphatic rings. The number of ether oxygens (including phenoxy) is 1. The number of sulfonamides is 1. The molecule has 1 saturated heterocycles. The molecule has 1 aromatic rings. The van der Waals surface area contributed by atoms with Gasteiger partial charge in [-0.15, -0.1) is 0 Å². The van der Waals surface area contributed by atoms with E-state index in [1.807, 2.05) is 13.8 Å². The van der Waals surface area contributed by atoms with Crippen LogP contribution in [0.5, 0.6) is 0 Å². The van der Waals surface area contributed by atoms with Gasteiger partial charge in [-0.25, -0.2) is 13.1 Å². The van der Waals surface area contributed by atoms with Gasteiger partial charge in [-0.3, -0.25) is 4.98 Å². The van der Waals surface area contributed by atoms with E-state index in [0.29, 0.717) is 18.9 Å². The fourth-order valence-corrected chi connectivity index (χ4v) is 3.79. The fraction of sp³-hybridized carbons (Fsp3) is 0.643. The quantitative estimate of drug-likeness (QED) is 0.799. The van der Waals surface area contributed by atoms with Crippen molar-refractivity contribution in [3.8, 4) is 0 Å². The first-order valence-corrected chi connectivity index (χ1v) is 8.81. The third-order valence-electron chi connectivity index (χ3n) is 3.65. The van der Waals surface area contributed by atoms with Crippen LogP contribution in [0, 0.1) is 5.92 Å². The summed E-state index contributed by atoms with van der Waals surface area (Å²) in [7, 11) is -3.59. The zero-order chi connectivity index (χ0) is 15.3. The van der Waals surface area contributed by atoms with Gasteiger partial charge in [-0.1, -0.05) is 6.92 Å². The minimum Gasteiger partial charge on any atom is -0.384 e. The summed E-state index contributed by atoms with van der Waals surface area (Å²) in [6.45, 7) is 5.94. The highest BCUT2D eigenvalue weighted by Gasteiger charge is 2.28. The van der Waals surface area contributed by atoms with E-state index in [2.05, 4.69) is 15.0 Å². The summed E-state index contributed by atoms with van der Waals surface area (Å²) in [6.07, 6.45) is 4.78. The van der Waals surface area contributed by atoms with Crippen LogP contribution in [0.1, 0.15) is 26.7 Å². The van der Waals surface area contributed by atoms with Gasteiger partial charge in [-0.2, -0.15) is 0 Å². The second-order valence-corrected chi connectivity index (χ2v) is 7.01. The Kier molecular flexibility index (Phi) is 5.55. The van der Waals surface area contributed by atoms with E-state index in [-0.39, 0.29) is 16.9 Å². The molecule has 0 aliphatic carbocycles. The van der Waals surface area contributed by atoms with Crippen molar-refractivity contribution < 1.29 is 13.2 Å². The van der Waals surface area contributed by atoms with Gasteiger partial charge in [0.25, 0.3) is 0 Å². The fourth-order valence-electron chi connectivity index (χ4n) is 2.35. The van der Waals surface area contributed by atoms with Crippen molar-refractivity contribution in [1.29, 1.82) is 0 Å². The lowest BCUT2D eigenvalue weighted by Crippen LogP contribution is -2.38. The molecule has 2 heterocycles. The lowest BCUT2D eigenvalue weighted by Gasteiger charge is -2.20. The normalized spacial score (nSPS) is 20.4. The Labute approximate surface area is 126 Å².